The van der Waals surface area contributed by atoms with Gasteiger partial charge in [0.05, 0.1) is 6.61 Å². The van der Waals surface area contributed by atoms with E-state index >= 15 is 4.39 Å². The summed E-state index contributed by atoms with van der Waals surface area (Å²) in [6, 6.07) is 11.3. The topological polar surface area (TPSA) is 55.8 Å². The van der Waals surface area contributed by atoms with Crippen LogP contribution in [0.15, 0.2) is 66.7 Å². The molecule has 1 aliphatic heterocycles. The highest BCUT2D eigenvalue weighted by Gasteiger charge is 2.58. The quantitative estimate of drug-likeness (QED) is 0.363. The van der Waals surface area contributed by atoms with E-state index in [2.05, 4.69) is 0 Å². The molecule has 1 unspecified atom stereocenters. The Balaban J connectivity index is 2.00. The van der Waals surface area contributed by atoms with Crippen LogP contribution in [-0.4, -0.2) is 30.1 Å². The third kappa shape index (κ3) is 4.09. The summed E-state index contributed by atoms with van der Waals surface area (Å²) in [6.07, 6.45) is -0.990. The molecule has 34 heavy (non-hydrogen) atoms. The minimum Gasteiger partial charge on any atom is -0.465 e. The molecule has 1 aliphatic rings. The Morgan fingerprint density at radius 2 is 1.44 bits per heavy atom. The van der Waals surface area contributed by atoms with Gasteiger partial charge in [0.2, 0.25) is 0 Å². The fourth-order valence-corrected chi connectivity index (χ4v) is 4.18. The summed E-state index contributed by atoms with van der Waals surface area (Å²) >= 11 is 0. The number of nitrogens with zero attached hydrogens (tertiary/aromatic N) is 1. The van der Waals surface area contributed by atoms with Gasteiger partial charge in [-0.15, -0.1) is 0 Å². The van der Waals surface area contributed by atoms with Crippen molar-refractivity contribution in [3.05, 3.63) is 107 Å². The summed E-state index contributed by atoms with van der Waals surface area (Å²) in [6.45, 7) is 1.02. The van der Waals surface area contributed by atoms with Crippen molar-refractivity contribution in [2.24, 2.45) is 0 Å². The molecule has 1 amide bonds. The first-order valence-corrected chi connectivity index (χ1v) is 10.4. The summed E-state index contributed by atoms with van der Waals surface area (Å²) in [5.74, 6) is -3.77. The summed E-state index contributed by atoms with van der Waals surface area (Å²) < 4.78 is 67.2. The molecule has 0 aliphatic carbocycles. The lowest BCUT2D eigenvalue weighted by Crippen LogP contribution is -2.40. The van der Waals surface area contributed by atoms with Crippen LogP contribution in [0.1, 0.15) is 29.7 Å². The molecule has 0 saturated carbocycles. The van der Waals surface area contributed by atoms with Crippen molar-refractivity contribution >= 4 is 12.1 Å². The third-order valence-electron chi connectivity index (χ3n) is 5.59. The van der Waals surface area contributed by atoms with Crippen LogP contribution in [-0.2, 0) is 19.9 Å². The standard InChI is InChI=1S/C25H19F4NO4/c1-2-33-22(31)14-30-23(20-12-11-19(28)13-21(20)29)25(34-24(30)32,15-3-7-17(26)8-4-15)16-5-9-18(27)10-6-16/h3-13,23H,2,14H2,1H3. The van der Waals surface area contributed by atoms with Crippen LogP contribution in [0.4, 0.5) is 22.4 Å². The Labute approximate surface area is 192 Å². The van der Waals surface area contributed by atoms with Crippen molar-refractivity contribution in [1.82, 2.24) is 4.90 Å². The van der Waals surface area contributed by atoms with E-state index in [4.69, 9.17) is 9.47 Å². The van der Waals surface area contributed by atoms with E-state index in [1.54, 1.807) is 6.92 Å². The van der Waals surface area contributed by atoms with Crippen molar-refractivity contribution in [3.8, 4) is 0 Å². The Morgan fingerprint density at radius 1 is 0.912 bits per heavy atom. The van der Waals surface area contributed by atoms with E-state index in [0.29, 0.717) is 6.07 Å². The number of ether oxygens (including phenoxy) is 2. The lowest BCUT2D eigenvalue weighted by Gasteiger charge is -2.36. The molecule has 3 aromatic rings. The van der Waals surface area contributed by atoms with Crippen LogP contribution in [0.5, 0.6) is 0 Å². The van der Waals surface area contributed by atoms with Crippen molar-refractivity contribution < 1.29 is 36.6 Å². The molecule has 0 spiro atoms. The van der Waals surface area contributed by atoms with Crippen molar-refractivity contribution in [3.63, 3.8) is 0 Å². The number of halogens is 4. The highest BCUT2D eigenvalue weighted by Crippen LogP contribution is 2.52. The Kier molecular flexibility index (Phi) is 6.28. The number of hydrogen-bond acceptors (Lipinski definition) is 4. The van der Waals surface area contributed by atoms with Gasteiger partial charge in [0, 0.05) is 22.8 Å². The first-order chi connectivity index (χ1) is 16.3. The zero-order valence-electron chi connectivity index (χ0n) is 17.9. The van der Waals surface area contributed by atoms with Gasteiger partial charge in [0.1, 0.15) is 35.9 Å². The number of rotatable bonds is 6. The van der Waals surface area contributed by atoms with Crippen molar-refractivity contribution in [1.29, 1.82) is 0 Å². The molecule has 0 radical (unpaired) electrons. The maximum atomic E-state index is 15.1. The first-order valence-electron chi connectivity index (χ1n) is 10.4. The van der Waals surface area contributed by atoms with Crippen LogP contribution >= 0.6 is 0 Å². The van der Waals surface area contributed by atoms with Gasteiger partial charge in [-0.05, 0) is 37.3 Å². The molecule has 0 bridgehead atoms. The molecule has 176 valence electrons. The van der Waals surface area contributed by atoms with Crippen LogP contribution in [0.3, 0.4) is 0 Å². The molecule has 4 rings (SSSR count). The van der Waals surface area contributed by atoms with Crippen molar-refractivity contribution in [2.45, 2.75) is 18.6 Å². The summed E-state index contributed by atoms with van der Waals surface area (Å²) in [5.41, 5.74) is -1.53. The average molecular weight is 473 g/mol. The largest absolute Gasteiger partial charge is 0.465 e. The number of benzene rings is 3. The average Bonchev–Trinajstić information content (AvgIpc) is 3.07. The molecule has 1 fully saturated rings. The predicted molar refractivity (Wildman–Crippen MR) is 112 cm³/mol. The van der Waals surface area contributed by atoms with Crippen molar-refractivity contribution in [2.75, 3.05) is 13.2 Å². The van der Waals surface area contributed by atoms with E-state index in [1.165, 1.54) is 24.3 Å². The molecular formula is C25H19F4NO4. The number of esters is 1. The zero-order valence-corrected chi connectivity index (χ0v) is 17.9. The number of carbonyl (C=O) groups is 2. The molecule has 3 aromatic carbocycles. The predicted octanol–water partition coefficient (Wildman–Crippen LogP) is 5.24. The molecule has 0 N–H and O–H groups in total. The number of cyclic esters (lactones) is 1. The number of hydrogen-bond donors (Lipinski definition) is 0. The summed E-state index contributed by atoms with van der Waals surface area (Å²) in [7, 11) is 0. The van der Waals surface area contributed by atoms with E-state index in [0.717, 1.165) is 41.3 Å². The fourth-order valence-electron chi connectivity index (χ4n) is 4.18. The summed E-state index contributed by atoms with van der Waals surface area (Å²) in [4.78, 5) is 26.4. The molecule has 5 nitrogen and oxygen atoms in total. The highest BCUT2D eigenvalue weighted by atomic mass is 19.1. The van der Waals surface area contributed by atoms with E-state index < -0.39 is 53.5 Å². The number of carbonyl (C=O) groups excluding carboxylic acids is 2. The Bertz CT molecular complexity index is 1170. The van der Waals surface area contributed by atoms with Crippen LogP contribution in [0.25, 0.3) is 0 Å². The molecule has 0 aromatic heterocycles. The maximum absolute atomic E-state index is 15.1. The van der Waals surface area contributed by atoms with Crippen LogP contribution in [0.2, 0.25) is 0 Å². The minimum absolute atomic E-state index is 0.0400. The zero-order chi connectivity index (χ0) is 24.5. The van der Waals surface area contributed by atoms with E-state index in [9.17, 15) is 22.8 Å². The van der Waals surface area contributed by atoms with Gasteiger partial charge < -0.3 is 9.47 Å². The Morgan fingerprint density at radius 3 is 1.94 bits per heavy atom. The second-order valence-corrected chi connectivity index (χ2v) is 7.62. The fraction of sp³-hybridized carbons (Fsp3) is 0.200. The van der Waals surface area contributed by atoms with Gasteiger partial charge in [0.25, 0.3) is 0 Å². The minimum atomic E-state index is -1.83. The van der Waals surface area contributed by atoms with E-state index in [-0.39, 0.29) is 23.3 Å². The van der Waals surface area contributed by atoms with Gasteiger partial charge in [-0.3, -0.25) is 9.69 Å². The highest BCUT2D eigenvalue weighted by molar-refractivity contribution is 5.81. The number of amides is 1. The first kappa shape index (κ1) is 23.3. The molecule has 1 heterocycles. The summed E-state index contributed by atoms with van der Waals surface area (Å²) in [5, 5.41) is 0. The molecular weight excluding hydrogens is 454 g/mol. The van der Waals surface area contributed by atoms with Gasteiger partial charge in [-0.2, -0.15) is 0 Å². The Hall–Kier alpha value is -3.88. The van der Waals surface area contributed by atoms with Gasteiger partial charge in [0.15, 0.2) is 5.60 Å². The lowest BCUT2D eigenvalue weighted by atomic mass is 9.77. The van der Waals surface area contributed by atoms with Gasteiger partial charge >= 0.3 is 12.1 Å². The molecule has 1 saturated heterocycles. The second-order valence-electron chi connectivity index (χ2n) is 7.62. The second kappa shape index (κ2) is 9.17. The van der Waals surface area contributed by atoms with Crippen LogP contribution < -0.4 is 0 Å². The monoisotopic (exact) mass is 473 g/mol. The van der Waals surface area contributed by atoms with Gasteiger partial charge in [-0.25, -0.2) is 22.4 Å². The lowest BCUT2D eigenvalue weighted by molar-refractivity contribution is -0.144. The SMILES string of the molecule is CCOC(=O)CN1C(=O)OC(c2ccc(F)cc2)(c2ccc(F)cc2)C1c1ccc(F)cc1F. The van der Waals surface area contributed by atoms with Gasteiger partial charge in [-0.1, -0.05) is 30.3 Å². The smallest absolute Gasteiger partial charge is 0.412 e. The maximum Gasteiger partial charge on any atom is 0.412 e. The van der Waals surface area contributed by atoms with E-state index in [1.807, 2.05) is 0 Å². The normalized spacial score (nSPS) is 16.9. The molecule has 1 atom stereocenters. The molecule has 9 heteroatoms. The van der Waals surface area contributed by atoms with Crippen LogP contribution in [0, 0.1) is 23.3 Å². The third-order valence-corrected chi connectivity index (χ3v) is 5.59.